The number of nitrogens with zero attached hydrogens (tertiary/aromatic N) is 1. The highest BCUT2D eigenvalue weighted by atomic mass is 79.9. The average Bonchev–Trinajstić information content (AvgIpc) is 2.47. The monoisotopic (exact) mass is 372 g/mol. The van der Waals surface area contributed by atoms with E-state index < -0.39 is 11.6 Å². The number of piperazine rings is 1. The molecule has 4 nitrogen and oxygen atoms in total. The molecule has 1 saturated heterocycles. The second-order valence-corrected chi connectivity index (χ2v) is 6.49. The first-order chi connectivity index (χ1) is 9.86. The summed E-state index contributed by atoms with van der Waals surface area (Å²) in [5.41, 5.74) is -0.153. The Labute approximate surface area is 138 Å². The minimum Gasteiger partial charge on any atom is -0.340 e. The number of hydrogen-bond donors (Lipinski definition) is 1. The molecule has 1 heterocycles. The predicted octanol–water partition coefficient (Wildman–Crippen LogP) is 3.51. The van der Waals surface area contributed by atoms with Gasteiger partial charge in [0.25, 0.3) is 5.91 Å². The highest BCUT2D eigenvalue weighted by Crippen LogP contribution is 2.33. The van der Waals surface area contributed by atoms with Crippen molar-refractivity contribution in [1.82, 2.24) is 5.32 Å². The molecule has 1 aliphatic rings. The summed E-state index contributed by atoms with van der Waals surface area (Å²) >= 11 is 9.36. The minimum absolute atomic E-state index is 0.0752. The number of amides is 2. The zero-order chi connectivity index (χ0) is 15.8. The average molecular weight is 374 g/mol. The maximum absolute atomic E-state index is 12.9. The van der Waals surface area contributed by atoms with Crippen molar-refractivity contribution >= 4 is 45.0 Å². The van der Waals surface area contributed by atoms with Gasteiger partial charge in [0.15, 0.2) is 0 Å². The first-order valence-electron chi connectivity index (χ1n) is 6.97. The Morgan fingerprint density at radius 3 is 2.48 bits per heavy atom. The lowest BCUT2D eigenvalue weighted by molar-refractivity contribution is -0.138. The highest BCUT2D eigenvalue weighted by molar-refractivity contribution is 9.10. The van der Waals surface area contributed by atoms with Crippen molar-refractivity contribution in [2.45, 2.75) is 45.2 Å². The van der Waals surface area contributed by atoms with E-state index in [0.717, 1.165) is 0 Å². The molecule has 1 unspecified atom stereocenters. The number of benzene rings is 1. The molecule has 0 bridgehead atoms. The molecule has 1 aromatic rings. The molecular formula is C15H18BrClN2O2. The smallest absolute Gasteiger partial charge is 0.253 e. The molecule has 6 heteroatoms. The third kappa shape index (κ3) is 2.69. The van der Waals surface area contributed by atoms with E-state index in [1.165, 1.54) is 0 Å². The van der Waals surface area contributed by atoms with Crippen molar-refractivity contribution in [3.05, 3.63) is 27.7 Å². The van der Waals surface area contributed by atoms with Gasteiger partial charge in [0.1, 0.15) is 11.6 Å². The third-order valence-corrected chi connectivity index (χ3v) is 5.36. The molecule has 0 saturated carbocycles. The van der Waals surface area contributed by atoms with Gasteiger partial charge in [-0.15, -0.1) is 0 Å². The molecular weight excluding hydrogens is 356 g/mol. The summed E-state index contributed by atoms with van der Waals surface area (Å²) in [6, 6.07) is 4.70. The van der Waals surface area contributed by atoms with Gasteiger partial charge in [-0.25, -0.2) is 0 Å². The number of carbonyl (C=O) groups excluding carboxylic acids is 2. The van der Waals surface area contributed by atoms with Crippen LogP contribution in [0.4, 0.5) is 5.69 Å². The predicted molar refractivity (Wildman–Crippen MR) is 87.6 cm³/mol. The van der Waals surface area contributed by atoms with Crippen LogP contribution in [-0.2, 0) is 9.59 Å². The number of nitrogens with one attached hydrogen (secondary N) is 1. The Hall–Kier alpha value is -1.07. The third-order valence-electron chi connectivity index (χ3n) is 4.15. The lowest BCUT2D eigenvalue weighted by Crippen LogP contribution is -2.69. The topological polar surface area (TPSA) is 49.4 Å². The zero-order valence-electron chi connectivity index (χ0n) is 12.2. The van der Waals surface area contributed by atoms with Crippen LogP contribution in [0.5, 0.6) is 0 Å². The van der Waals surface area contributed by atoms with E-state index in [1.807, 2.05) is 13.8 Å². The van der Waals surface area contributed by atoms with Crippen molar-refractivity contribution in [3.63, 3.8) is 0 Å². The molecule has 2 amide bonds. The van der Waals surface area contributed by atoms with Crippen LogP contribution in [0.15, 0.2) is 22.7 Å². The van der Waals surface area contributed by atoms with Crippen LogP contribution in [-0.4, -0.2) is 23.4 Å². The summed E-state index contributed by atoms with van der Waals surface area (Å²) < 4.78 is 0.700. The van der Waals surface area contributed by atoms with Crippen LogP contribution in [0.3, 0.4) is 0 Å². The van der Waals surface area contributed by atoms with Gasteiger partial charge >= 0.3 is 0 Å². The van der Waals surface area contributed by atoms with Gasteiger partial charge in [0.2, 0.25) is 5.91 Å². The fourth-order valence-electron chi connectivity index (χ4n) is 2.62. The fraction of sp³-hybridized carbons (Fsp3) is 0.467. The normalized spacial score (nSPS) is 21.4. The molecule has 0 aliphatic carbocycles. The van der Waals surface area contributed by atoms with Crippen LogP contribution < -0.4 is 10.2 Å². The van der Waals surface area contributed by atoms with Crippen LogP contribution in [0, 0.1) is 0 Å². The first-order valence-corrected chi connectivity index (χ1v) is 8.14. The molecule has 2 rings (SSSR count). The summed E-state index contributed by atoms with van der Waals surface area (Å²) in [4.78, 5) is 26.8. The van der Waals surface area contributed by atoms with Crippen LogP contribution >= 0.6 is 27.5 Å². The van der Waals surface area contributed by atoms with Crippen molar-refractivity contribution in [1.29, 1.82) is 0 Å². The fourth-order valence-corrected chi connectivity index (χ4v) is 3.11. The molecule has 0 radical (unpaired) electrons. The van der Waals surface area contributed by atoms with E-state index in [2.05, 4.69) is 21.2 Å². The summed E-state index contributed by atoms with van der Waals surface area (Å²) in [5.74, 6) is -0.210. The first kappa shape index (κ1) is 16.3. The zero-order valence-corrected chi connectivity index (χ0v) is 14.6. The second-order valence-electron chi connectivity index (χ2n) is 5.23. The summed E-state index contributed by atoms with van der Waals surface area (Å²) in [5, 5.41) is 3.45. The van der Waals surface area contributed by atoms with Gasteiger partial charge in [0, 0.05) is 10.2 Å². The van der Waals surface area contributed by atoms with Crippen molar-refractivity contribution in [2.24, 2.45) is 0 Å². The Morgan fingerprint density at radius 2 is 1.95 bits per heavy atom. The number of hydrogen-bond acceptors (Lipinski definition) is 2. The lowest BCUT2D eigenvalue weighted by atomic mass is 9.87. The molecule has 114 valence electrons. The summed E-state index contributed by atoms with van der Waals surface area (Å²) in [7, 11) is 0. The molecule has 1 aromatic carbocycles. The number of anilines is 1. The number of halogens is 2. The van der Waals surface area contributed by atoms with Gasteiger partial charge in [-0.05, 0) is 53.9 Å². The molecule has 1 fully saturated rings. The van der Waals surface area contributed by atoms with Gasteiger partial charge in [-0.1, -0.05) is 25.4 Å². The summed E-state index contributed by atoms with van der Waals surface area (Å²) in [6.07, 6.45) is 1.12. The molecule has 1 atom stereocenters. The minimum atomic E-state index is -0.824. The molecule has 1 aliphatic heterocycles. The van der Waals surface area contributed by atoms with Crippen molar-refractivity contribution in [3.8, 4) is 0 Å². The van der Waals surface area contributed by atoms with Crippen molar-refractivity contribution < 1.29 is 9.59 Å². The number of rotatable bonds is 3. The van der Waals surface area contributed by atoms with Gasteiger partial charge in [-0.3, -0.25) is 14.5 Å². The van der Waals surface area contributed by atoms with E-state index >= 15 is 0 Å². The van der Waals surface area contributed by atoms with E-state index in [9.17, 15) is 9.59 Å². The second kappa shape index (κ2) is 5.97. The molecule has 1 N–H and O–H groups in total. The SMILES string of the molecule is CCC1(CC)NC(=O)C(C)N(c2ccc(Cl)c(Br)c2)C1=O. The van der Waals surface area contributed by atoms with Crippen LogP contribution in [0.25, 0.3) is 0 Å². The number of carbonyl (C=O) groups is 2. The van der Waals surface area contributed by atoms with Crippen LogP contribution in [0.2, 0.25) is 5.02 Å². The van der Waals surface area contributed by atoms with Crippen molar-refractivity contribution in [2.75, 3.05) is 4.90 Å². The lowest BCUT2D eigenvalue weighted by Gasteiger charge is -2.44. The Bertz CT molecular complexity index is 587. The standard InChI is InChI=1S/C15H18BrClN2O2/c1-4-15(5-2)14(21)19(9(3)13(20)18-15)10-6-7-12(17)11(16)8-10/h6-9H,4-5H2,1-3H3,(H,18,20). The Balaban J connectivity index is 2.50. The van der Waals surface area contributed by atoms with E-state index in [0.29, 0.717) is 28.0 Å². The highest BCUT2D eigenvalue weighted by Gasteiger charge is 2.47. The van der Waals surface area contributed by atoms with Crippen LogP contribution in [0.1, 0.15) is 33.6 Å². The Kier molecular flexibility index (Phi) is 4.63. The van der Waals surface area contributed by atoms with Gasteiger partial charge < -0.3 is 5.32 Å². The van der Waals surface area contributed by atoms with Gasteiger partial charge in [0.05, 0.1) is 5.02 Å². The maximum Gasteiger partial charge on any atom is 0.253 e. The van der Waals surface area contributed by atoms with E-state index in [4.69, 9.17) is 11.6 Å². The maximum atomic E-state index is 12.9. The molecule has 0 spiro atoms. The Morgan fingerprint density at radius 1 is 1.33 bits per heavy atom. The molecule has 21 heavy (non-hydrogen) atoms. The quantitative estimate of drug-likeness (QED) is 0.881. The summed E-state index contributed by atoms with van der Waals surface area (Å²) in [6.45, 7) is 5.55. The van der Waals surface area contributed by atoms with E-state index in [-0.39, 0.29) is 11.8 Å². The largest absolute Gasteiger partial charge is 0.340 e. The van der Waals surface area contributed by atoms with E-state index in [1.54, 1.807) is 30.0 Å². The van der Waals surface area contributed by atoms with Gasteiger partial charge in [-0.2, -0.15) is 0 Å². The molecule has 0 aromatic heterocycles.